The fourth-order valence-electron chi connectivity index (χ4n) is 1.13. The average Bonchev–Trinajstić information content (AvgIpc) is 2.92. The number of rotatable bonds is 0. The minimum absolute atomic E-state index is 0. The maximum absolute atomic E-state index is 2.14. The zero-order valence-electron chi connectivity index (χ0n) is 8.09. The third kappa shape index (κ3) is 3.80. The quantitative estimate of drug-likeness (QED) is 0.555. The van der Waals surface area contributed by atoms with Gasteiger partial charge in [0.2, 0.25) is 0 Å². The van der Waals surface area contributed by atoms with Crippen molar-refractivity contribution in [1.82, 2.24) is 0 Å². The van der Waals surface area contributed by atoms with Crippen LogP contribution >= 0.6 is 22.7 Å². The third-order valence-corrected chi connectivity index (χ3v) is 3.31. The first-order chi connectivity index (χ1) is 6.97. The van der Waals surface area contributed by atoms with E-state index >= 15 is 0 Å². The van der Waals surface area contributed by atoms with Gasteiger partial charge in [-0.05, 0) is 33.7 Å². The van der Waals surface area contributed by atoms with Crippen LogP contribution in [0.15, 0.2) is 58.6 Å². The van der Waals surface area contributed by atoms with Gasteiger partial charge < -0.3 is 0 Å². The monoisotopic (exact) mass is 300 g/mol. The second-order valence-corrected chi connectivity index (χ2v) is 4.52. The molecule has 0 saturated heterocycles. The molecule has 2 aromatic heterocycles. The van der Waals surface area contributed by atoms with Crippen LogP contribution in [0.2, 0.25) is 0 Å². The predicted molar refractivity (Wildman–Crippen MR) is 74.7 cm³/mol. The molecule has 3 heteroatoms. The van der Waals surface area contributed by atoms with Gasteiger partial charge in [-0.25, -0.2) is 0 Å². The molecule has 78 valence electrons. The molecule has 0 saturated carbocycles. The second-order valence-electron chi connectivity index (χ2n) is 2.75. The van der Waals surface area contributed by atoms with Gasteiger partial charge >= 0.3 is 17.1 Å². The molecule has 0 unspecified atom stereocenters. The fraction of sp³-hybridized carbons (Fsp3) is 0. The van der Waals surface area contributed by atoms with E-state index < -0.39 is 0 Å². The second kappa shape index (κ2) is 6.80. The van der Waals surface area contributed by atoms with E-state index in [0.717, 1.165) is 0 Å². The number of thiophene rings is 2. The van der Waals surface area contributed by atoms with Crippen molar-refractivity contribution in [3.63, 3.8) is 0 Å². The molecule has 0 bridgehead atoms. The zero-order chi connectivity index (χ0) is 9.64. The van der Waals surface area contributed by atoms with Crippen LogP contribution in [0.4, 0.5) is 0 Å². The Morgan fingerprint density at radius 2 is 1.47 bits per heavy atom. The van der Waals surface area contributed by atoms with Gasteiger partial charge in [-0.2, -0.15) is 11.3 Å². The molecule has 3 rings (SSSR count). The molecule has 0 N–H and O–H groups in total. The standard InChI is InChI=1S/C8H6S.C4H4S.H2Se/c1-2-4-8-7(3-1)5-6-9-8;1-2-4-5-3-1;/h1-6H;1-4H;1H2. The predicted octanol–water partition coefficient (Wildman–Crippen LogP) is 3.73. The molecule has 0 aliphatic heterocycles. The Hall–Kier alpha value is -0.601. The number of hydrogen-bond donors (Lipinski definition) is 0. The largest absolute Gasteiger partial charge is 0.152 e. The molecular formula is C12H12S2Se. The van der Waals surface area contributed by atoms with Crippen molar-refractivity contribution in [2.45, 2.75) is 0 Å². The van der Waals surface area contributed by atoms with Gasteiger partial charge in [-0.3, -0.25) is 0 Å². The maximum Gasteiger partial charge on any atom is 0.0342 e. The van der Waals surface area contributed by atoms with Gasteiger partial charge in [0.25, 0.3) is 0 Å². The van der Waals surface area contributed by atoms with Crippen LogP contribution in [0.1, 0.15) is 0 Å². The normalized spacial score (nSPS) is 8.80. The van der Waals surface area contributed by atoms with Crippen molar-refractivity contribution in [3.05, 3.63) is 58.6 Å². The molecule has 0 atom stereocenters. The topological polar surface area (TPSA) is 0 Å². The summed E-state index contributed by atoms with van der Waals surface area (Å²) in [5.74, 6) is 0. The molecule has 0 fully saturated rings. The Bertz CT molecular complexity index is 424. The van der Waals surface area contributed by atoms with Crippen molar-refractivity contribution in [2.75, 3.05) is 0 Å². The SMILES string of the molecule is [SeH2].c1ccc2sccc2c1.c1ccsc1. The molecule has 0 amide bonds. The molecule has 2 heterocycles. The van der Waals surface area contributed by atoms with E-state index in [1.54, 1.807) is 22.7 Å². The summed E-state index contributed by atoms with van der Waals surface area (Å²) < 4.78 is 1.37. The van der Waals surface area contributed by atoms with Crippen molar-refractivity contribution in [1.29, 1.82) is 0 Å². The summed E-state index contributed by atoms with van der Waals surface area (Å²) in [6.45, 7) is 0. The van der Waals surface area contributed by atoms with Gasteiger partial charge in [0, 0.05) is 4.70 Å². The first-order valence-electron chi connectivity index (χ1n) is 4.36. The van der Waals surface area contributed by atoms with Crippen molar-refractivity contribution < 1.29 is 0 Å². The first kappa shape index (κ1) is 12.5. The van der Waals surface area contributed by atoms with Crippen LogP contribution in [0, 0.1) is 0 Å². The maximum atomic E-state index is 2.14. The number of benzene rings is 1. The zero-order valence-corrected chi connectivity index (χ0v) is 11.8. The molecule has 0 spiro atoms. The number of fused-ring (bicyclic) bond motifs is 1. The van der Waals surface area contributed by atoms with Crippen LogP contribution in [0.5, 0.6) is 0 Å². The van der Waals surface area contributed by atoms with E-state index in [1.165, 1.54) is 10.1 Å². The smallest absolute Gasteiger partial charge is 0.0342 e. The molecule has 0 aliphatic carbocycles. The minimum Gasteiger partial charge on any atom is -0.152 e. The Morgan fingerprint density at radius 1 is 0.733 bits per heavy atom. The van der Waals surface area contributed by atoms with Gasteiger partial charge in [0.05, 0.1) is 0 Å². The molecule has 3 aromatic rings. The van der Waals surface area contributed by atoms with Crippen LogP contribution in [-0.4, -0.2) is 17.1 Å². The summed E-state index contributed by atoms with van der Waals surface area (Å²) >= 11 is 3.50. The molecular weight excluding hydrogens is 287 g/mol. The van der Waals surface area contributed by atoms with Gasteiger partial charge in [0.1, 0.15) is 0 Å². The average molecular weight is 299 g/mol. The summed E-state index contributed by atoms with van der Waals surface area (Å²) in [7, 11) is 0. The van der Waals surface area contributed by atoms with Gasteiger partial charge in [0.15, 0.2) is 0 Å². The van der Waals surface area contributed by atoms with Crippen molar-refractivity contribution in [3.8, 4) is 0 Å². The molecule has 1 aromatic carbocycles. The van der Waals surface area contributed by atoms with E-state index in [9.17, 15) is 0 Å². The van der Waals surface area contributed by atoms with Crippen LogP contribution in [0.25, 0.3) is 10.1 Å². The van der Waals surface area contributed by atoms with Crippen LogP contribution in [-0.2, 0) is 0 Å². The van der Waals surface area contributed by atoms with E-state index in [0.29, 0.717) is 0 Å². The summed E-state index contributed by atoms with van der Waals surface area (Å²) in [6.07, 6.45) is 0. The summed E-state index contributed by atoms with van der Waals surface area (Å²) in [5, 5.41) is 7.55. The van der Waals surface area contributed by atoms with Crippen LogP contribution < -0.4 is 0 Å². The fourth-order valence-corrected chi connectivity index (χ4v) is 2.38. The van der Waals surface area contributed by atoms with Crippen molar-refractivity contribution in [2.24, 2.45) is 0 Å². The summed E-state index contributed by atoms with van der Waals surface area (Å²) in [4.78, 5) is 0. The van der Waals surface area contributed by atoms with E-state index in [-0.39, 0.29) is 17.1 Å². The first-order valence-corrected chi connectivity index (χ1v) is 6.18. The van der Waals surface area contributed by atoms with Crippen LogP contribution in [0.3, 0.4) is 0 Å². The molecule has 0 radical (unpaired) electrons. The van der Waals surface area contributed by atoms with Gasteiger partial charge in [-0.15, -0.1) is 11.3 Å². The van der Waals surface area contributed by atoms with Crippen molar-refractivity contribution >= 4 is 49.8 Å². The minimum atomic E-state index is 0. The Morgan fingerprint density at radius 3 is 2.07 bits per heavy atom. The van der Waals surface area contributed by atoms with E-state index in [2.05, 4.69) is 35.7 Å². The van der Waals surface area contributed by atoms with E-state index in [1.807, 2.05) is 22.9 Å². The Balaban J connectivity index is 0.000000162. The molecule has 0 nitrogen and oxygen atoms in total. The Kier molecular flexibility index (Phi) is 5.66. The number of hydrogen-bond acceptors (Lipinski definition) is 2. The van der Waals surface area contributed by atoms with E-state index in [4.69, 9.17) is 0 Å². The molecule has 15 heavy (non-hydrogen) atoms. The third-order valence-electron chi connectivity index (χ3n) is 1.79. The van der Waals surface area contributed by atoms with Gasteiger partial charge in [-0.1, -0.05) is 30.3 Å². The Labute approximate surface area is 108 Å². The summed E-state index contributed by atoms with van der Waals surface area (Å²) in [6, 6.07) is 14.6. The molecule has 0 aliphatic rings. The summed E-state index contributed by atoms with van der Waals surface area (Å²) in [5.41, 5.74) is 0.